The lowest BCUT2D eigenvalue weighted by Gasteiger charge is -2.12. The fourth-order valence-electron chi connectivity index (χ4n) is 2.59. The van der Waals surface area contributed by atoms with Crippen molar-refractivity contribution in [3.8, 4) is 17.2 Å². The number of aryl methyl sites for hydroxylation is 1. The van der Waals surface area contributed by atoms with Crippen molar-refractivity contribution in [1.82, 2.24) is 5.32 Å². The molecule has 2 aromatic rings. The smallest absolute Gasteiger partial charge is 0.255 e. The first kappa shape index (κ1) is 20.1. The second kappa shape index (κ2) is 9.47. The van der Waals surface area contributed by atoms with Gasteiger partial charge in [0.25, 0.3) is 11.8 Å². The SMILES string of the molecule is COc1ccc(C)cc1CCNC(=O)c1ccc(OCC(N)=O)c(OC)c1. The van der Waals surface area contributed by atoms with Gasteiger partial charge in [-0.05, 0) is 43.2 Å². The van der Waals surface area contributed by atoms with Crippen molar-refractivity contribution in [2.45, 2.75) is 13.3 Å². The first-order valence-electron chi connectivity index (χ1n) is 8.45. The monoisotopic (exact) mass is 372 g/mol. The van der Waals surface area contributed by atoms with Crippen LogP contribution in [0, 0.1) is 6.92 Å². The van der Waals surface area contributed by atoms with Crippen molar-refractivity contribution < 1.29 is 23.8 Å². The maximum absolute atomic E-state index is 12.4. The van der Waals surface area contributed by atoms with Gasteiger partial charge >= 0.3 is 0 Å². The summed E-state index contributed by atoms with van der Waals surface area (Å²) < 4.78 is 15.8. The van der Waals surface area contributed by atoms with Crippen LogP contribution in [-0.4, -0.2) is 39.2 Å². The van der Waals surface area contributed by atoms with Gasteiger partial charge in [-0.2, -0.15) is 0 Å². The van der Waals surface area contributed by atoms with E-state index in [1.54, 1.807) is 25.3 Å². The maximum Gasteiger partial charge on any atom is 0.255 e. The van der Waals surface area contributed by atoms with Gasteiger partial charge in [-0.25, -0.2) is 0 Å². The zero-order valence-electron chi connectivity index (χ0n) is 15.7. The van der Waals surface area contributed by atoms with Crippen LogP contribution >= 0.6 is 0 Å². The highest BCUT2D eigenvalue weighted by Crippen LogP contribution is 2.28. The molecule has 0 aliphatic rings. The molecule has 0 aliphatic heterocycles. The fraction of sp³-hybridized carbons (Fsp3) is 0.300. The summed E-state index contributed by atoms with van der Waals surface area (Å²) in [6, 6.07) is 10.7. The van der Waals surface area contributed by atoms with E-state index >= 15 is 0 Å². The third-order valence-electron chi connectivity index (χ3n) is 3.91. The van der Waals surface area contributed by atoms with Crippen LogP contribution in [-0.2, 0) is 11.2 Å². The summed E-state index contributed by atoms with van der Waals surface area (Å²) in [7, 11) is 3.08. The number of benzene rings is 2. The summed E-state index contributed by atoms with van der Waals surface area (Å²) in [5.74, 6) is 0.667. The van der Waals surface area contributed by atoms with Crippen molar-refractivity contribution >= 4 is 11.8 Å². The van der Waals surface area contributed by atoms with E-state index in [1.807, 2.05) is 25.1 Å². The molecule has 0 aromatic heterocycles. The minimum Gasteiger partial charge on any atom is -0.496 e. The maximum atomic E-state index is 12.4. The molecule has 0 bridgehead atoms. The average Bonchev–Trinajstić information content (AvgIpc) is 2.66. The molecule has 0 saturated heterocycles. The molecule has 144 valence electrons. The van der Waals surface area contributed by atoms with E-state index in [1.165, 1.54) is 7.11 Å². The van der Waals surface area contributed by atoms with Crippen molar-refractivity contribution in [1.29, 1.82) is 0 Å². The summed E-state index contributed by atoms with van der Waals surface area (Å²) in [6.07, 6.45) is 0.646. The van der Waals surface area contributed by atoms with Crippen molar-refractivity contribution in [3.05, 3.63) is 53.1 Å². The molecule has 0 unspecified atom stereocenters. The number of nitrogens with one attached hydrogen (secondary N) is 1. The van der Waals surface area contributed by atoms with Crippen LogP contribution in [0.15, 0.2) is 36.4 Å². The van der Waals surface area contributed by atoms with Crippen molar-refractivity contribution in [2.24, 2.45) is 5.73 Å². The van der Waals surface area contributed by atoms with E-state index in [2.05, 4.69) is 5.32 Å². The van der Waals surface area contributed by atoms with Gasteiger partial charge in [0.15, 0.2) is 18.1 Å². The molecule has 2 amide bonds. The van der Waals surface area contributed by atoms with Gasteiger partial charge in [-0.15, -0.1) is 0 Å². The van der Waals surface area contributed by atoms with Gasteiger partial charge in [-0.3, -0.25) is 9.59 Å². The molecule has 0 fully saturated rings. The Hall–Kier alpha value is -3.22. The highest BCUT2D eigenvalue weighted by atomic mass is 16.5. The normalized spacial score (nSPS) is 10.2. The number of hydrogen-bond acceptors (Lipinski definition) is 5. The first-order chi connectivity index (χ1) is 12.9. The molecule has 0 aliphatic carbocycles. The molecule has 0 radical (unpaired) electrons. The zero-order valence-corrected chi connectivity index (χ0v) is 15.7. The molecule has 2 aromatic carbocycles. The summed E-state index contributed by atoms with van der Waals surface area (Å²) in [5, 5.41) is 2.87. The lowest BCUT2D eigenvalue weighted by Crippen LogP contribution is -2.26. The first-order valence-corrected chi connectivity index (χ1v) is 8.45. The number of carbonyl (C=O) groups excluding carboxylic acids is 2. The van der Waals surface area contributed by atoms with Crippen LogP contribution < -0.4 is 25.3 Å². The second-order valence-electron chi connectivity index (χ2n) is 5.94. The molecule has 0 saturated carbocycles. The Kier molecular flexibility index (Phi) is 7.05. The molecule has 2 rings (SSSR count). The summed E-state index contributed by atoms with van der Waals surface area (Å²) >= 11 is 0. The van der Waals surface area contributed by atoms with Gasteiger partial charge in [0, 0.05) is 12.1 Å². The zero-order chi connectivity index (χ0) is 19.8. The van der Waals surface area contributed by atoms with Gasteiger partial charge in [0.05, 0.1) is 14.2 Å². The van der Waals surface area contributed by atoms with Crippen LogP contribution in [0.4, 0.5) is 0 Å². The number of nitrogens with two attached hydrogens (primary N) is 1. The predicted octanol–water partition coefficient (Wildman–Crippen LogP) is 1.85. The quantitative estimate of drug-likeness (QED) is 0.700. The highest BCUT2D eigenvalue weighted by Gasteiger charge is 2.12. The molecule has 7 heteroatoms. The Balaban J connectivity index is 1.99. The average molecular weight is 372 g/mol. The number of ether oxygens (including phenoxy) is 3. The van der Waals surface area contributed by atoms with Crippen molar-refractivity contribution in [3.63, 3.8) is 0 Å². The van der Waals surface area contributed by atoms with Crippen molar-refractivity contribution in [2.75, 3.05) is 27.4 Å². The molecule has 0 heterocycles. The van der Waals surface area contributed by atoms with E-state index in [4.69, 9.17) is 19.9 Å². The Morgan fingerprint density at radius 1 is 1.00 bits per heavy atom. The molecule has 3 N–H and O–H groups in total. The van der Waals surface area contributed by atoms with Gasteiger partial charge in [0.1, 0.15) is 5.75 Å². The Morgan fingerprint density at radius 2 is 1.70 bits per heavy atom. The second-order valence-corrected chi connectivity index (χ2v) is 5.94. The molecular formula is C20H24N2O5. The predicted molar refractivity (Wildman–Crippen MR) is 101 cm³/mol. The standard InChI is InChI=1S/C20H24N2O5/c1-13-4-6-16(25-2)14(10-13)8-9-22-20(24)15-5-7-17(18(11-15)26-3)27-12-19(21)23/h4-7,10-11H,8-9,12H2,1-3H3,(H2,21,23)(H,22,24). The Labute approximate surface area is 158 Å². The number of hydrogen-bond donors (Lipinski definition) is 2. The van der Waals surface area contributed by atoms with Gasteiger partial charge < -0.3 is 25.3 Å². The van der Waals surface area contributed by atoms with E-state index in [-0.39, 0.29) is 12.5 Å². The fourth-order valence-corrected chi connectivity index (χ4v) is 2.59. The minimum absolute atomic E-state index is 0.235. The van der Waals surface area contributed by atoms with E-state index in [9.17, 15) is 9.59 Å². The lowest BCUT2D eigenvalue weighted by atomic mass is 10.1. The Bertz CT molecular complexity index is 820. The molecule has 0 spiro atoms. The molecule has 7 nitrogen and oxygen atoms in total. The number of methoxy groups -OCH3 is 2. The van der Waals surface area contributed by atoms with Crippen LogP contribution in [0.3, 0.4) is 0 Å². The van der Waals surface area contributed by atoms with E-state index < -0.39 is 5.91 Å². The summed E-state index contributed by atoms with van der Waals surface area (Å²) in [6.45, 7) is 2.21. The van der Waals surface area contributed by atoms with Gasteiger partial charge in [0.2, 0.25) is 0 Å². The topological polar surface area (TPSA) is 99.9 Å². The Morgan fingerprint density at radius 3 is 2.37 bits per heavy atom. The third-order valence-corrected chi connectivity index (χ3v) is 3.91. The molecular weight excluding hydrogens is 348 g/mol. The minimum atomic E-state index is -0.592. The van der Waals surface area contributed by atoms with Crippen LogP contribution in [0.2, 0.25) is 0 Å². The molecule has 0 atom stereocenters. The number of primary amides is 1. The summed E-state index contributed by atoms with van der Waals surface area (Å²) in [5.41, 5.74) is 7.66. The highest BCUT2D eigenvalue weighted by molar-refractivity contribution is 5.94. The van der Waals surface area contributed by atoms with E-state index in [0.29, 0.717) is 30.0 Å². The van der Waals surface area contributed by atoms with Crippen LogP contribution in [0.5, 0.6) is 17.2 Å². The molecule has 27 heavy (non-hydrogen) atoms. The van der Waals surface area contributed by atoms with Crippen LogP contribution in [0.25, 0.3) is 0 Å². The third kappa shape index (κ3) is 5.64. The van der Waals surface area contributed by atoms with Crippen LogP contribution in [0.1, 0.15) is 21.5 Å². The van der Waals surface area contributed by atoms with Gasteiger partial charge in [-0.1, -0.05) is 17.7 Å². The number of rotatable bonds is 9. The lowest BCUT2D eigenvalue weighted by molar-refractivity contribution is -0.119. The van der Waals surface area contributed by atoms with E-state index in [0.717, 1.165) is 16.9 Å². The summed E-state index contributed by atoms with van der Waals surface area (Å²) in [4.78, 5) is 23.2. The number of carbonyl (C=O) groups is 2. The number of amides is 2. The largest absolute Gasteiger partial charge is 0.496 e.